The standard InChI is InChI=1S/C23H32N4O2/c1-3-26(20-8-6-7-19(2)17-20)12-11-24-23(29)18-25-13-15-27(16-14-25)21-9-4-5-10-22(21)28/h4-10,17,28H,3,11-16,18H2,1-2H3,(H,24,29)/p+1. The highest BCUT2D eigenvalue weighted by atomic mass is 16.3. The van der Waals surface area contributed by atoms with Gasteiger partial charge in [-0.3, -0.25) is 4.79 Å². The van der Waals surface area contributed by atoms with Gasteiger partial charge in [-0.25, -0.2) is 0 Å². The number of anilines is 2. The summed E-state index contributed by atoms with van der Waals surface area (Å²) in [6, 6.07) is 15.9. The molecule has 0 aromatic heterocycles. The number of carbonyl (C=O) groups is 1. The molecule has 1 aliphatic heterocycles. The molecule has 6 heteroatoms. The van der Waals surface area contributed by atoms with Crippen LogP contribution >= 0.6 is 0 Å². The van der Waals surface area contributed by atoms with Crippen molar-refractivity contribution in [3.63, 3.8) is 0 Å². The fourth-order valence-corrected chi connectivity index (χ4v) is 3.89. The molecule has 2 aromatic rings. The van der Waals surface area contributed by atoms with Gasteiger partial charge >= 0.3 is 0 Å². The molecule has 1 fully saturated rings. The maximum atomic E-state index is 12.4. The molecule has 0 bridgehead atoms. The zero-order valence-electron chi connectivity index (χ0n) is 17.5. The van der Waals surface area contributed by atoms with E-state index in [2.05, 4.69) is 53.2 Å². The topological polar surface area (TPSA) is 60.2 Å². The number of nitrogens with zero attached hydrogens (tertiary/aromatic N) is 2. The van der Waals surface area contributed by atoms with Gasteiger partial charge in [-0.15, -0.1) is 0 Å². The van der Waals surface area contributed by atoms with E-state index in [0.717, 1.165) is 45.0 Å². The Morgan fingerprint density at radius 1 is 1.17 bits per heavy atom. The van der Waals surface area contributed by atoms with Crippen molar-refractivity contribution in [2.24, 2.45) is 0 Å². The molecule has 6 nitrogen and oxygen atoms in total. The van der Waals surface area contributed by atoms with E-state index < -0.39 is 0 Å². The number of likely N-dealkylation sites (N-methyl/N-ethyl adjacent to an activating group) is 1. The van der Waals surface area contributed by atoms with Gasteiger partial charge in [0.15, 0.2) is 6.54 Å². The van der Waals surface area contributed by atoms with Crippen LogP contribution in [0, 0.1) is 6.92 Å². The Labute approximate surface area is 173 Å². The number of quaternary nitrogens is 1. The fraction of sp³-hybridized carbons (Fsp3) is 0.435. The number of hydrogen-bond donors (Lipinski definition) is 3. The molecular weight excluding hydrogens is 364 g/mol. The van der Waals surface area contributed by atoms with Gasteiger partial charge in [0.2, 0.25) is 0 Å². The number of aryl methyl sites for hydroxylation is 1. The molecule has 3 N–H and O–H groups in total. The summed E-state index contributed by atoms with van der Waals surface area (Å²) in [5, 5.41) is 13.1. The third-order valence-corrected chi connectivity index (χ3v) is 5.56. The molecule has 0 aliphatic carbocycles. The lowest BCUT2D eigenvalue weighted by Gasteiger charge is -2.33. The first kappa shape index (κ1) is 21.0. The van der Waals surface area contributed by atoms with Crippen LogP contribution in [-0.2, 0) is 4.79 Å². The van der Waals surface area contributed by atoms with E-state index in [1.165, 1.54) is 16.2 Å². The lowest BCUT2D eigenvalue weighted by Crippen LogP contribution is -3.16. The number of aromatic hydroxyl groups is 1. The number of hydrogen-bond acceptors (Lipinski definition) is 4. The molecule has 0 saturated carbocycles. The van der Waals surface area contributed by atoms with E-state index in [4.69, 9.17) is 0 Å². The Balaban J connectivity index is 1.39. The second-order valence-corrected chi connectivity index (χ2v) is 7.67. The molecule has 3 rings (SSSR count). The number of para-hydroxylation sites is 2. The number of piperazine rings is 1. The Morgan fingerprint density at radius 2 is 1.93 bits per heavy atom. The molecule has 1 heterocycles. The molecular formula is C23H33N4O2+. The molecule has 0 unspecified atom stereocenters. The Bertz CT molecular complexity index is 803. The summed E-state index contributed by atoms with van der Waals surface area (Å²) in [4.78, 5) is 18.1. The van der Waals surface area contributed by atoms with Crippen LogP contribution in [0.2, 0.25) is 0 Å². The SMILES string of the molecule is CCN(CCNC(=O)C[NH+]1CCN(c2ccccc2O)CC1)c1cccc(C)c1. The minimum Gasteiger partial charge on any atom is -0.506 e. The molecule has 1 aliphatic rings. The van der Waals surface area contributed by atoms with Gasteiger partial charge in [0.1, 0.15) is 5.75 Å². The number of nitrogens with one attached hydrogen (secondary N) is 2. The summed E-state index contributed by atoms with van der Waals surface area (Å²) < 4.78 is 0. The second-order valence-electron chi connectivity index (χ2n) is 7.67. The maximum absolute atomic E-state index is 12.4. The summed E-state index contributed by atoms with van der Waals surface area (Å²) in [7, 11) is 0. The zero-order chi connectivity index (χ0) is 20.6. The van der Waals surface area contributed by atoms with Crippen LogP contribution < -0.4 is 20.0 Å². The molecule has 0 radical (unpaired) electrons. The quantitative estimate of drug-likeness (QED) is 0.623. The third kappa shape index (κ3) is 5.87. The Kier molecular flexibility index (Phi) is 7.36. The first-order chi connectivity index (χ1) is 14.1. The zero-order valence-corrected chi connectivity index (χ0v) is 17.5. The molecule has 0 spiro atoms. The van der Waals surface area contributed by atoms with E-state index in [1.54, 1.807) is 6.07 Å². The summed E-state index contributed by atoms with van der Waals surface area (Å²) in [5.74, 6) is 0.430. The van der Waals surface area contributed by atoms with E-state index >= 15 is 0 Å². The van der Waals surface area contributed by atoms with Gasteiger partial charge in [0, 0.05) is 25.3 Å². The Morgan fingerprint density at radius 3 is 2.62 bits per heavy atom. The lowest BCUT2D eigenvalue weighted by atomic mass is 10.2. The number of rotatable bonds is 8. The molecule has 2 aromatic carbocycles. The van der Waals surface area contributed by atoms with Gasteiger partial charge in [-0.1, -0.05) is 24.3 Å². The van der Waals surface area contributed by atoms with E-state index in [-0.39, 0.29) is 5.91 Å². The number of carbonyl (C=O) groups excluding carboxylic acids is 1. The van der Waals surface area contributed by atoms with Crippen LogP contribution in [0.4, 0.5) is 11.4 Å². The molecule has 1 amide bonds. The first-order valence-corrected chi connectivity index (χ1v) is 10.5. The Hall–Kier alpha value is -2.73. The highest BCUT2D eigenvalue weighted by molar-refractivity contribution is 5.76. The summed E-state index contributed by atoms with van der Waals surface area (Å²) in [5.41, 5.74) is 3.33. The third-order valence-electron chi connectivity index (χ3n) is 5.56. The number of phenols is 1. The van der Waals surface area contributed by atoms with Crippen LogP contribution in [0.1, 0.15) is 12.5 Å². The average molecular weight is 398 g/mol. The smallest absolute Gasteiger partial charge is 0.275 e. The van der Waals surface area contributed by atoms with Crippen molar-refractivity contribution >= 4 is 17.3 Å². The fourth-order valence-electron chi connectivity index (χ4n) is 3.89. The van der Waals surface area contributed by atoms with E-state index in [1.807, 2.05) is 18.2 Å². The van der Waals surface area contributed by atoms with Gasteiger partial charge in [0.05, 0.1) is 31.9 Å². The van der Waals surface area contributed by atoms with E-state index in [9.17, 15) is 9.90 Å². The van der Waals surface area contributed by atoms with Gasteiger partial charge in [0.25, 0.3) is 5.91 Å². The van der Waals surface area contributed by atoms with Gasteiger partial charge in [-0.2, -0.15) is 0 Å². The van der Waals surface area contributed by atoms with Gasteiger partial charge < -0.3 is 25.1 Å². The number of amides is 1. The van der Waals surface area contributed by atoms with E-state index in [0.29, 0.717) is 18.8 Å². The van der Waals surface area contributed by atoms with Gasteiger partial charge in [-0.05, 0) is 43.7 Å². The summed E-state index contributed by atoms with van der Waals surface area (Å²) in [6.45, 7) is 10.6. The number of benzene rings is 2. The van der Waals surface area contributed by atoms with Crippen molar-refractivity contribution in [3.05, 3.63) is 54.1 Å². The minimum atomic E-state index is 0.108. The van der Waals surface area contributed by atoms with Crippen LogP contribution in [0.15, 0.2) is 48.5 Å². The predicted octanol–water partition coefficient (Wildman–Crippen LogP) is 1.05. The molecule has 29 heavy (non-hydrogen) atoms. The minimum absolute atomic E-state index is 0.108. The monoisotopic (exact) mass is 397 g/mol. The van der Waals surface area contributed by atoms with Crippen molar-refractivity contribution in [3.8, 4) is 5.75 Å². The molecule has 1 saturated heterocycles. The van der Waals surface area contributed by atoms with Crippen molar-refractivity contribution in [1.82, 2.24) is 5.32 Å². The summed E-state index contributed by atoms with van der Waals surface area (Å²) >= 11 is 0. The number of phenolic OH excluding ortho intramolecular Hbond substituents is 1. The lowest BCUT2D eigenvalue weighted by molar-refractivity contribution is -0.892. The van der Waals surface area contributed by atoms with Crippen LogP contribution in [-0.4, -0.2) is 63.4 Å². The van der Waals surface area contributed by atoms with Crippen LogP contribution in [0.25, 0.3) is 0 Å². The van der Waals surface area contributed by atoms with Crippen molar-refractivity contribution in [1.29, 1.82) is 0 Å². The summed E-state index contributed by atoms with van der Waals surface area (Å²) in [6.07, 6.45) is 0. The van der Waals surface area contributed by atoms with Crippen molar-refractivity contribution in [2.75, 3.05) is 62.2 Å². The average Bonchev–Trinajstić information content (AvgIpc) is 2.72. The molecule has 156 valence electrons. The highest BCUT2D eigenvalue weighted by Crippen LogP contribution is 2.25. The van der Waals surface area contributed by atoms with Crippen molar-refractivity contribution < 1.29 is 14.8 Å². The van der Waals surface area contributed by atoms with Crippen LogP contribution in [0.3, 0.4) is 0 Å². The maximum Gasteiger partial charge on any atom is 0.275 e. The normalized spacial score (nSPS) is 14.6. The first-order valence-electron chi connectivity index (χ1n) is 10.5. The molecule has 0 atom stereocenters. The predicted molar refractivity (Wildman–Crippen MR) is 118 cm³/mol. The second kappa shape index (κ2) is 10.2. The highest BCUT2D eigenvalue weighted by Gasteiger charge is 2.23. The largest absolute Gasteiger partial charge is 0.506 e. The van der Waals surface area contributed by atoms with Crippen LogP contribution in [0.5, 0.6) is 5.75 Å². The van der Waals surface area contributed by atoms with Crippen molar-refractivity contribution in [2.45, 2.75) is 13.8 Å².